The number of carbonyl (C=O) groups is 1. The fourth-order valence-corrected chi connectivity index (χ4v) is 2.86. The molecule has 1 aliphatic rings. The molecule has 8 heteroatoms. The van der Waals surface area contributed by atoms with Gasteiger partial charge in [-0.3, -0.25) is 14.9 Å². The number of amides is 1. The number of carbonyl (C=O) groups excluding carboxylic acids is 1. The molecule has 0 aromatic carbocycles. The van der Waals surface area contributed by atoms with Crippen molar-refractivity contribution >= 4 is 34.5 Å². The maximum atomic E-state index is 11.9. The maximum absolute atomic E-state index is 11.9. The Morgan fingerprint density at radius 1 is 1.71 bits per heavy atom. The van der Waals surface area contributed by atoms with Gasteiger partial charge in [0.25, 0.3) is 11.6 Å². The van der Waals surface area contributed by atoms with Crippen molar-refractivity contribution in [1.29, 1.82) is 0 Å². The molecule has 17 heavy (non-hydrogen) atoms. The van der Waals surface area contributed by atoms with Crippen molar-refractivity contribution in [3.63, 3.8) is 0 Å². The molecular weight excluding hydrogens is 268 g/mol. The van der Waals surface area contributed by atoms with Crippen LogP contribution in [0.4, 0.5) is 5.69 Å². The van der Waals surface area contributed by atoms with Crippen LogP contribution >= 0.6 is 22.9 Å². The summed E-state index contributed by atoms with van der Waals surface area (Å²) in [6.45, 7) is 0.728. The highest BCUT2D eigenvalue weighted by molar-refractivity contribution is 7.18. The van der Waals surface area contributed by atoms with E-state index in [9.17, 15) is 20.0 Å². The normalized spacial score (nSPS) is 19.6. The fourth-order valence-electron chi connectivity index (χ4n) is 1.67. The van der Waals surface area contributed by atoms with Crippen molar-refractivity contribution in [3.05, 3.63) is 25.4 Å². The van der Waals surface area contributed by atoms with Crippen molar-refractivity contribution in [2.45, 2.75) is 12.5 Å². The zero-order valence-electron chi connectivity index (χ0n) is 8.63. The number of aliphatic hydroxyl groups is 1. The summed E-state index contributed by atoms with van der Waals surface area (Å²) in [5, 5.41) is 19.9. The van der Waals surface area contributed by atoms with Crippen LogP contribution in [0.5, 0.6) is 0 Å². The van der Waals surface area contributed by atoms with Crippen LogP contribution in [0.25, 0.3) is 0 Å². The second kappa shape index (κ2) is 4.59. The molecule has 0 bridgehead atoms. The molecule has 6 nitrogen and oxygen atoms in total. The zero-order chi connectivity index (χ0) is 12.6. The average Bonchev–Trinajstić information content (AvgIpc) is 2.83. The van der Waals surface area contributed by atoms with E-state index in [2.05, 4.69) is 0 Å². The summed E-state index contributed by atoms with van der Waals surface area (Å²) < 4.78 is -0.00176. The molecule has 1 fully saturated rings. The highest BCUT2D eigenvalue weighted by atomic mass is 35.5. The summed E-state index contributed by atoms with van der Waals surface area (Å²) in [6.07, 6.45) is 0.0248. The summed E-state index contributed by atoms with van der Waals surface area (Å²) in [6, 6.07) is 1.18. The van der Waals surface area contributed by atoms with Gasteiger partial charge in [0.1, 0.15) is 4.88 Å². The van der Waals surface area contributed by atoms with E-state index in [-0.39, 0.29) is 27.4 Å². The summed E-state index contributed by atoms with van der Waals surface area (Å²) in [7, 11) is 0. The number of β-amino-alcohol motifs (C(OH)–C–C–N with tert-alkyl or cyclic N) is 1. The number of nitro groups is 1. The van der Waals surface area contributed by atoms with Gasteiger partial charge in [-0.2, -0.15) is 0 Å². The SMILES string of the molecule is O=C(c1cc([N+](=O)[O-])c(Cl)s1)N1CCC(O)C1. The molecule has 2 rings (SSSR count). The van der Waals surface area contributed by atoms with Gasteiger partial charge in [0.15, 0.2) is 4.34 Å². The van der Waals surface area contributed by atoms with Gasteiger partial charge in [-0.1, -0.05) is 11.6 Å². The van der Waals surface area contributed by atoms with Crippen molar-refractivity contribution in [1.82, 2.24) is 4.90 Å². The Kier molecular flexibility index (Phi) is 3.32. The molecule has 1 unspecified atom stereocenters. The molecule has 0 radical (unpaired) electrons. The molecule has 0 saturated carbocycles. The van der Waals surface area contributed by atoms with E-state index in [1.54, 1.807) is 0 Å². The number of hydrogen-bond acceptors (Lipinski definition) is 5. The van der Waals surface area contributed by atoms with Crippen LogP contribution in [-0.4, -0.2) is 40.0 Å². The standard InChI is InChI=1S/C9H9ClN2O4S/c10-8-6(12(15)16)3-7(17-8)9(14)11-2-1-5(13)4-11/h3,5,13H,1-2,4H2. The van der Waals surface area contributed by atoms with Gasteiger partial charge in [-0.05, 0) is 6.42 Å². The highest BCUT2D eigenvalue weighted by Gasteiger charge is 2.29. The quantitative estimate of drug-likeness (QED) is 0.656. The molecule has 1 aromatic rings. The van der Waals surface area contributed by atoms with E-state index in [4.69, 9.17) is 11.6 Å². The first kappa shape index (κ1) is 12.3. The fraction of sp³-hybridized carbons (Fsp3) is 0.444. The van der Waals surface area contributed by atoms with Crippen LogP contribution in [0.1, 0.15) is 16.1 Å². The summed E-state index contributed by atoms with van der Waals surface area (Å²) in [4.78, 5) is 23.6. The predicted molar refractivity (Wildman–Crippen MR) is 62.5 cm³/mol. The Morgan fingerprint density at radius 3 is 2.88 bits per heavy atom. The first-order chi connectivity index (χ1) is 7.99. The third-order valence-corrected chi connectivity index (χ3v) is 3.85. The molecule has 1 amide bonds. The largest absolute Gasteiger partial charge is 0.391 e. The molecule has 0 aliphatic carbocycles. The third-order valence-electron chi connectivity index (χ3n) is 2.53. The third kappa shape index (κ3) is 2.41. The van der Waals surface area contributed by atoms with Crippen molar-refractivity contribution < 1.29 is 14.8 Å². The van der Waals surface area contributed by atoms with Gasteiger partial charge in [0.2, 0.25) is 0 Å². The Bertz CT molecular complexity index is 476. The molecule has 1 N–H and O–H groups in total. The zero-order valence-corrected chi connectivity index (χ0v) is 10.2. The number of thiophene rings is 1. The number of aliphatic hydroxyl groups excluding tert-OH is 1. The van der Waals surface area contributed by atoms with Crippen LogP contribution < -0.4 is 0 Å². The minimum absolute atomic E-state index is 0.00176. The Morgan fingerprint density at radius 2 is 2.41 bits per heavy atom. The first-order valence-corrected chi connectivity index (χ1v) is 6.09. The van der Waals surface area contributed by atoms with E-state index < -0.39 is 11.0 Å². The Hall–Kier alpha value is -1.18. The highest BCUT2D eigenvalue weighted by Crippen LogP contribution is 2.34. The summed E-state index contributed by atoms with van der Waals surface area (Å²) >= 11 is 6.57. The molecule has 1 atom stereocenters. The smallest absolute Gasteiger partial charge is 0.299 e. The number of rotatable bonds is 2. The van der Waals surface area contributed by atoms with E-state index in [1.165, 1.54) is 11.0 Å². The minimum atomic E-state index is -0.617. The van der Waals surface area contributed by atoms with Crippen molar-refractivity contribution in [2.24, 2.45) is 0 Å². The Balaban J connectivity index is 2.20. The maximum Gasteiger partial charge on any atom is 0.299 e. The van der Waals surface area contributed by atoms with Gasteiger partial charge < -0.3 is 10.0 Å². The number of nitrogens with zero attached hydrogens (tertiary/aromatic N) is 2. The van der Waals surface area contributed by atoms with E-state index in [0.29, 0.717) is 13.0 Å². The molecule has 2 heterocycles. The van der Waals surface area contributed by atoms with Crippen LogP contribution in [-0.2, 0) is 0 Å². The van der Waals surface area contributed by atoms with Crippen LogP contribution in [0, 0.1) is 10.1 Å². The first-order valence-electron chi connectivity index (χ1n) is 4.90. The van der Waals surface area contributed by atoms with Gasteiger partial charge in [-0.15, -0.1) is 11.3 Å². The lowest BCUT2D eigenvalue weighted by molar-refractivity contribution is -0.384. The van der Waals surface area contributed by atoms with Crippen molar-refractivity contribution in [2.75, 3.05) is 13.1 Å². The predicted octanol–water partition coefficient (Wildman–Crippen LogP) is 1.52. The van der Waals surface area contributed by atoms with Gasteiger partial charge in [-0.25, -0.2) is 0 Å². The average molecular weight is 277 g/mol. The van der Waals surface area contributed by atoms with Crippen LogP contribution in [0.15, 0.2) is 6.07 Å². The lowest BCUT2D eigenvalue weighted by atomic mass is 10.3. The van der Waals surface area contributed by atoms with E-state index >= 15 is 0 Å². The Labute approximate surface area is 106 Å². The summed E-state index contributed by atoms with van der Waals surface area (Å²) in [5.41, 5.74) is -0.250. The minimum Gasteiger partial charge on any atom is -0.391 e. The molecule has 0 spiro atoms. The molecule has 1 aliphatic heterocycles. The molecule has 92 valence electrons. The second-order valence-electron chi connectivity index (χ2n) is 3.72. The lowest BCUT2D eigenvalue weighted by Gasteiger charge is -2.13. The molecule has 1 saturated heterocycles. The van der Waals surface area contributed by atoms with Gasteiger partial charge in [0.05, 0.1) is 11.0 Å². The van der Waals surface area contributed by atoms with Crippen molar-refractivity contribution in [3.8, 4) is 0 Å². The summed E-state index contributed by atoms with van der Waals surface area (Å²) in [5.74, 6) is -0.318. The van der Waals surface area contributed by atoms with Crippen LogP contribution in [0.2, 0.25) is 4.34 Å². The van der Waals surface area contributed by atoms with Crippen LogP contribution in [0.3, 0.4) is 0 Å². The topological polar surface area (TPSA) is 83.7 Å². The van der Waals surface area contributed by atoms with Gasteiger partial charge >= 0.3 is 0 Å². The molecular formula is C9H9ClN2O4S. The monoisotopic (exact) mass is 276 g/mol. The van der Waals surface area contributed by atoms with E-state index in [1.807, 2.05) is 0 Å². The second-order valence-corrected chi connectivity index (χ2v) is 5.37. The van der Waals surface area contributed by atoms with Gasteiger partial charge in [0, 0.05) is 19.2 Å². The number of halogens is 1. The molecule has 1 aromatic heterocycles. The lowest BCUT2D eigenvalue weighted by Crippen LogP contribution is -2.28. The number of hydrogen-bond donors (Lipinski definition) is 1. The van der Waals surface area contributed by atoms with E-state index in [0.717, 1.165) is 11.3 Å². The number of likely N-dealkylation sites (tertiary alicyclic amines) is 1.